The predicted octanol–water partition coefficient (Wildman–Crippen LogP) is 3.44. The second-order valence-electron chi connectivity index (χ2n) is 6.65. The molecule has 3 rings (SSSR count). The number of hydrogen-bond donors (Lipinski definition) is 1. The Morgan fingerprint density at radius 3 is 2.70 bits per heavy atom. The Hall–Kier alpha value is -1.09. The summed E-state index contributed by atoms with van der Waals surface area (Å²) in [4.78, 5) is 7.31. The van der Waals surface area contributed by atoms with Crippen molar-refractivity contribution < 1.29 is 0 Å². The van der Waals surface area contributed by atoms with Gasteiger partial charge in [0.15, 0.2) is 0 Å². The minimum atomic E-state index is 0.793. The number of nitrogens with zero attached hydrogens (tertiary/aromatic N) is 2. The van der Waals surface area contributed by atoms with Gasteiger partial charge in [-0.05, 0) is 63.1 Å². The van der Waals surface area contributed by atoms with Gasteiger partial charge in [-0.3, -0.25) is 9.88 Å². The van der Waals surface area contributed by atoms with Crippen LogP contribution in [0, 0.1) is 19.8 Å². The molecule has 110 valence electrons. The van der Waals surface area contributed by atoms with E-state index < -0.39 is 0 Å². The largest absolute Gasteiger partial charge is 0.398 e. The highest BCUT2D eigenvalue weighted by molar-refractivity contribution is 5.53. The van der Waals surface area contributed by atoms with Gasteiger partial charge in [-0.2, -0.15) is 0 Å². The Labute approximate surface area is 122 Å². The molecule has 20 heavy (non-hydrogen) atoms. The second kappa shape index (κ2) is 5.72. The summed E-state index contributed by atoms with van der Waals surface area (Å²) in [6.07, 6.45) is 10.4. The molecule has 1 atom stereocenters. The van der Waals surface area contributed by atoms with Crippen molar-refractivity contribution in [3.63, 3.8) is 0 Å². The standard InChI is InChI=1S/C17H27N3/c1-12-10-19-15(13(2)17(12)18)11-20-9-5-8-16(20)14-6-3-4-7-14/h10,14,16H,3-9,11H2,1-2H3,(H2,18,19). The topological polar surface area (TPSA) is 42.2 Å². The average molecular weight is 273 g/mol. The van der Waals surface area contributed by atoms with Crippen molar-refractivity contribution in [2.75, 3.05) is 12.3 Å². The van der Waals surface area contributed by atoms with Gasteiger partial charge in [0.25, 0.3) is 0 Å². The minimum Gasteiger partial charge on any atom is -0.398 e. The first-order chi connectivity index (χ1) is 9.66. The van der Waals surface area contributed by atoms with Crippen LogP contribution in [0.5, 0.6) is 0 Å². The monoisotopic (exact) mass is 273 g/mol. The summed E-state index contributed by atoms with van der Waals surface area (Å²) in [5.74, 6) is 0.931. The normalized spacial score (nSPS) is 24.6. The van der Waals surface area contributed by atoms with Crippen LogP contribution in [0.15, 0.2) is 6.20 Å². The Bertz CT molecular complexity index is 477. The fraction of sp³-hybridized carbons (Fsp3) is 0.706. The number of nitrogens with two attached hydrogens (primary N) is 1. The van der Waals surface area contributed by atoms with Gasteiger partial charge in [0, 0.05) is 24.5 Å². The molecule has 2 aliphatic rings. The van der Waals surface area contributed by atoms with Crippen LogP contribution in [0.3, 0.4) is 0 Å². The number of aromatic nitrogens is 1. The van der Waals surface area contributed by atoms with Crippen LogP contribution in [0.2, 0.25) is 0 Å². The molecule has 1 aromatic rings. The average Bonchev–Trinajstić information content (AvgIpc) is 3.09. The highest BCUT2D eigenvalue weighted by atomic mass is 15.2. The zero-order valence-corrected chi connectivity index (χ0v) is 12.9. The van der Waals surface area contributed by atoms with Crippen LogP contribution >= 0.6 is 0 Å². The zero-order valence-electron chi connectivity index (χ0n) is 12.9. The highest BCUT2D eigenvalue weighted by Gasteiger charge is 2.33. The molecule has 0 bridgehead atoms. The summed E-state index contributed by atoms with van der Waals surface area (Å²) >= 11 is 0. The highest BCUT2D eigenvalue weighted by Crippen LogP contribution is 2.36. The number of nitrogen functional groups attached to an aromatic ring is 1. The molecule has 0 spiro atoms. The second-order valence-corrected chi connectivity index (χ2v) is 6.65. The van der Waals surface area contributed by atoms with E-state index in [4.69, 9.17) is 5.73 Å². The van der Waals surface area contributed by atoms with Crippen molar-refractivity contribution in [2.24, 2.45) is 5.92 Å². The lowest BCUT2D eigenvalue weighted by molar-refractivity contribution is 0.181. The van der Waals surface area contributed by atoms with E-state index in [2.05, 4.69) is 16.8 Å². The van der Waals surface area contributed by atoms with Crippen LogP contribution in [-0.4, -0.2) is 22.5 Å². The molecule has 1 unspecified atom stereocenters. The van der Waals surface area contributed by atoms with Crippen LogP contribution in [-0.2, 0) is 6.54 Å². The molecule has 2 heterocycles. The van der Waals surface area contributed by atoms with Crippen molar-refractivity contribution in [1.82, 2.24) is 9.88 Å². The lowest BCUT2D eigenvalue weighted by atomic mass is 9.96. The van der Waals surface area contributed by atoms with E-state index in [1.165, 1.54) is 56.3 Å². The third-order valence-electron chi connectivity index (χ3n) is 5.39. The van der Waals surface area contributed by atoms with E-state index in [1.54, 1.807) is 0 Å². The van der Waals surface area contributed by atoms with Crippen LogP contribution < -0.4 is 5.73 Å². The lowest BCUT2D eigenvalue weighted by Gasteiger charge is -2.29. The summed E-state index contributed by atoms with van der Waals surface area (Å²) in [7, 11) is 0. The SMILES string of the molecule is Cc1cnc(CN2CCCC2C2CCCC2)c(C)c1N. The maximum absolute atomic E-state index is 6.16. The maximum Gasteiger partial charge on any atom is 0.0593 e. The summed E-state index contributed by atoms with van der Waals surface area (Å²) in [5.41, 5.74) is 10.5. The molecule has 2 N–H and O–H groups in total. The first-order valence-corrected chi connectivity index (χ1v) is 8.11. The Morgan fingerprint density at radius 1 is 1.20 bits per heavy atom. The van der Waals surface area contributed by atoms with Gasteiger partial charge < -0.3 is 5.73 Å². The van der Waals surface area contributed by atoms with Gasteiger partial charge in [-0.15, -0.1) is 0 Å². The van der Waals surface area contributed by atoms with E-state index in [9.17, 15) is 0 Å². The summed E-state index contributed by atoms with van der Waals surface area (Å²) in [5, 5.41) is 0. The van der Waals surface area contributed by atoms with Gasteiger partial charge in [0.2, 0.25) is 0 Å². The fourth-order valence-electron chi connectivity index (χ4n) is 4.07. The number of aryl methyl sites for hydroxylation is 1. The van der Waals surface area contributed by atoms with E-state index in [-0.39, 0.29) is 0 Å². The number of likely N-dealkylation sites (tertiary alicyclic amines) is 1. The van der Waals surface area contributed by atoms with Crippen molar-refractivity contribution in [3.05, 3.63) is 23.0 Å². The molecular formula is C17H27N3. The fourth-order valence-corrected chi connectivity index (χ4v) is 4.07. The van der Waals surface area contributed by atoms with Crippen molar-refractivity contribution in [2.45, 2.75) is 65.0 Å². The summed E-state index contributed by atoms with van der Waals surface area (Å²) in [6, 6.07) is 0.793. The Morgan fingerprint density at radius 2 is 1.95 bits per heavy atom. The lowest BCUT2D eigenvalue weighted by Crippen LogP contribution is -2.34. The van der Waals surface area contributed by atoms with Gasteiger partial charge in [-0.25, -0.2) is 0 Å². The smallest absolute Gasteiger partial charge is 0.0593 e. The first-order valence-electron chi connectivity index (χ1n) is 8.11. The molecule has 0 radical (unpaired) electrons. The van der Waals surface area contributed by atoms with Gasteiger partial charge in [0.05, 0.1) is 5.69 Å². The molecular weight excluding hydrogens is 246 g/mol. The summed E-state index contributed by atoms with van der Waals surface area (Å²) < 4.78 is 0. The van der Waals surface area contributed by atoms with E-state index in [1.807, 2.05) is 13.1 Å². The van der Waals surface area contributed by atoms with E-state index in [0.717, 1.165) is 29.8 Å². The molecule has 3 heteroatoms. The maximum atomic E-state index is 6.16. The number of pyridine rings is 1. The minimum absolute atomic E-state index is 0.793. The van der Waals surface area contributed by atoms with Crippen LogP contribution in [0.25, 0.3) is 0 Å². The quantitative estimate of drug-likeness (QED) is 0.917. The van der Waals surface area contributed by atoms with E-state index >= 15 is 0 Å². The Kier molecular flexibility index (Phi) is 3.97. The van der Waals surface area contributed by atoms with Gasteiger partial charge >= 0.3 is 0 Å². The van der Waals surface area contributed by atoms with Crippen LogP contribution in [0.1, 0.15) is 55.3 Å². The van der Waals surface area contributed by atoms with Crippen LogP contribution in [0.4, 0.5) is 5.69 Å². The molecule has 1 aliphatic carbocycles. The van der Waals surface area contributed by atoms with Crippen molar-refractivity contribution >= 4 is 5.69 Å². The van der Waals surface area contributed by atoms with E-state index in [0.29, 0.717) is 0 Å². The van der Waals surface area contributed by atoms with Crippen molar-refractivity contribution in [3.8, 4) is 0 Å². The van der Waals surface area contributed by atoms with Gasteiger partial charge in [0.1, 0.15) is 0 Å². The summed E-state index contributed by atoms with van der Waals surface area (Å²) in [6.45, 7) is 6.37. The molecule has 0 aromatic carbocycles. The first kappa shape index (κ1) is 13.9. The number of anilines is 1. The molecule has 1 saturated heterocycles. The predicted molar refractivity (Wildman–Crippen MR) is 83.5 cm³/mol. The molecule has 0 amide bonds. The number of hydrogen-bond acceptors (Lipinski definition) is 3. The molecule has 1 aromatic heterocycles. The molecule has 2 fully saturated rings. The van der Waals surface area contributed by atoms with Gasteiger partial charge in [-0.1, -0.05) is 12.8 Å². The zero-order chi connectivity index (χ0) is 14.1. The third kappa shape index (κ3) is 2.56. The number of rotatable bonds is 3. The Balaban J connectivity index is 1.75. The molecule has 1 saturated carbocycles. The molecule has 1 aliphatic heterocycles. The molecule has 3 nitrogen and oxygen atoms in total. The van der Waals surface area contributed by atoms with Crippen molar-refractivity contribution in [1.29, 1.82) is 0 Å². The third-order valence-corrected chi connectivity index (χ3v) is 5.39.